The summed E-state index contributed by atoms with van der Waals surface area (Å²) in [6.45, 7) is 7.35. The molecule has 0 spiro atoms. The molecule has 3 nitrogen and oxygen atoms in total. The van der Waals surface area contributed by atoms with Crippen LogP contribution in [0.15, 0.2) is 15.9 Å². The van der Waals surface area contributed by atoms with Crippen LogP contribution in [-0.4, -0.2) is 16.3 Å². The number of thiophene rings is 1. The van der Waals surface area contributed by atoms with Crippen LogP contribution in [0.3, 0.4) is 0 Å². The third-order valence-electron chi connectivity index (χ3n) is 3.44. The molecule has 0 aliphatic rings. The van der Waals surface area contributed by atoms with E-state index in [-0.39, 0.29) is 0 Å². The second kappa shape index (κ2) is 6.20. The maximum absolute atomic E-state index is 4.53. The van der Waals surface area contributed by atoms with E-state index >= 15 is 0 Å². The molecule has 2 aromatic rings. The van der Waals surface area contributed by atoms with Crippen LogP contribution in [0, 0.1) is 13.8 Å². The molecule has 0 fully saturated rings. The number of hydrogen-bond acceptors (Lipinski definition) is 3. The fourth-order valence-corrected chi connectivity index (χ4v) is 4.03. The number of aryl methyl sites for hydroxylation is 2. The Kier molecular flexibility index (Phi) is 4.81. The van der Waals surface area contributed by atoms with Crippen LogP contribution < -0.4 is 5.32 Å². The van der Waals surface area contributed by atoms with Gasteiger partial charge in [-0.2, -0.15) is 5.10 Å². The average molecular weight is 342 g/mol. The van der Waals surface area contributed by atoms with Crippen molar-refractivity contribution in [3.05, 3.63) is 37.7 Å². The van der Waals surface area contributed by atoms with Gasteiger partial charge in [0.1, 0.15) is 0 Å². The number of halogens is 1. The molecule has 0 bridgehead atoms. The first-order valence-corrected chi connectivity index (χ1v) is 8.17. The minimum atomic E-state index is 0.327. The lowest BCUT2D eigenvalue weighted by atomic mass is 10.0. The zero-order valence-electron chi connectivity index (χ0n) is 11.8. The normalized spacial score (nSPS) is 12.9. The van der Waals surface area contributed by atoms with Crippen LogP contribution in [0.5, 0.6) is 0 Å². The molecule has 2 rings (SSSR count). The second-order valence-corrected chi connectivity index (χ2v) is 6.57. The van der Waals surface area contributed by atoms with Crippen molar-refractivity contribution in [2.24, 2.45) is 7.05 Å². The Labute approximate surface area is 127 Å². The lowest BCUT2D eigenvalue weighted by Crippen LogP contribution is -2.24. The summed E-state index contributed by atoms with van der Waals surface area (Å²) in [6, 6.07) is 2.44. The monoisotopic (exact) mass is 341 g/mol. The van der Waals surface area contributed by atoms with Gasteiger partial charge in [-0.15, -0.1) is 11.3 Å². The zero-order chi connectivity index (χ0) is 14.0. The minimum absolute atomic E-state index is 0.327. The van der Waals surface area contributed by atoms with Crippen molar-refractivity contribution in [3.8, 4) is 0 Å². The topological polar surface area (TPSA) is 29.9 Å². The lowest BCUT2D eigenvalue weighted by molar-refractivity contribution is 0.547. The molecule has 0 radical (unpaired) electrons. The Bertz CT molecular complexity index is 559. The quantitative estimate of drug-likeness (QED) is 0.897. The molecule has 0 amide bonds. The Hall–Kier alpha value is -0.650. The first kappa shape index (κ1) is 14.8. The summed E-state index contributed by atoms with van der Waals surface area (Å²) >= 11 is 5.43. The number of likely N-dealkylation sites (N-methyl/N-ethyl adjacent to an activating group) is 1. The highest BCUT2D eigenvalue weighted by Crippen LogP contribution is 2.30. The van der Waals surface area contributed by atoms with E-state index in [0.29, 0.717) is 6.04 Å². The van der Waals surface area contributed by atoms with E-state index in [1.54, 1.807) is 11.3 Å². The van der Waals surface area contributed by atoms with Crippen LogP contribution in [-0.2, 0) is 13.5 Å². The zero-order valence-corrected chi connectivity index (χ0v) is 14.2. The molecule has 0 aromatic carbocycles. The summed E-state index contributed by atoms with van der Waals surface area (Å²) in [5.74, 6) is 0. The third kappa shape index (κ3) is 3.09. The predicted molar refractivity (Wildman–Crippen MR) is 84.8 cm³/mol. The Morgan fingerprint density at radius 1 is 1.47 bits per heavy atom. The number of hydrogen-bond donors (Lipinski definition) is 1. The summed E-state index contributed by atoms with van der Waals surface area (Å²) in [6.07, 6.45) is 0.999. The first-order chi connectivity index (χ1) is 9.04. The van der Waals surface area contributed by atoms with Gasteiger partial charge in [0.25, 0.3) is 0 Å². The van der Waals surface area contributed by atoms with Crippen LogP contribution in [0.1, 0.15) is 34.8 Å². The van der Waals surface area contributed by atoms with Gasteiger partial charge in [0.05, 0.1) is 5.69 Å². The van der Waals surface area contributed by atoms with E-state index in [2.05, 4.69) is 58.6 Å². The Morgan fingerprint density at radius 3 is 2.68 bits per heavy atom. The standard InChI is InChI=1S/C14H20BrN3S/c1-5-16-12(8-13-11(15)6-7-19-13)14-9(2)17-18(4)10(14)3/h6-7,12,16H,5,8H2,1-4H3. The summed E-state index contributed by atoms with van der Waals surface area (Å²) < 4.78 is 3.18. The number of aromatic nitrogens is 2. The van der Waals surface area contributed by atoms with Crippen molar-refractivity contribution in [3.63, 3.8) is 0 Å². The van der Waals surface area contributed by atoms with Gasteiger partial charge in [0, 0.05) is 40.1 Å². The van der Waals surface area contributed by atoms with Crippen LogP contribution in [0.25, 0.3) is 0 Å². The average Bonchev–Trinajstić information content (AvgIpc) is 2.85. The third-order valence-corrected chi connectivity index (χ3v) is 5.39. The number of nitrogens with one attached hydrogen (secondary N) is 1. The maximum Gasteiger partial charge on any atom is 0.0644 e. The molecule has 1 N–H and O–H groups in total. The smallest absolute Gasteiger partial charge is 0.0644 e. The molecule has 0 aliphatic carbocycles. The van der Waals surface area contributed by atoms with Gasteiger partial charge in [0.15, 0.2) is 0 Å². The van der Waals surface area contributed by atoms with E-state index in [1.807, 2.05) is 11.7 Å². The molecule has 19 heavy (non-hydrogen) atoms. The number of rotatable bonds is 5. The molecular formula is C14H20BrN3S. The van der Waals surface area contributed by atoms with Crippen LogP contribution in [0.4, 0.5) is 0 Å². The SMILES string of the molecule is CCNC(Cc1sccc1Br)c1c(C)nn(C)c1C. The van der Waals surface area contributed by atoms with E-state index in [4.69, 9.17) is 0 Å². The minimum Gasteiger partial charge on any atom is -0.310 e. The molecule has 5 heteroatoms. The van der Waals surface area contributed by atoms with Crippen molar-refractivity contribution in [1.29, 1.82) is 0 Å². The van der Waals surface area contributed by atoms with Crippen LogP contribution >= 0.6 is 27.3 Å². The summed E-state index contributed by atoms with van der Waals surface area (Å²) in [5, 5.41) is 10.3. The molecule has 0 saturated carbocycles. The lowest BCUT2D eigenvalue weighted by Gasteiger charge is -2.18. The van der Waals surface area contributed by atoms with Gasteiger partial charge in [-0.1, -0.05) is 6.92 Å². The van der Waals surface area contributed by atoms with Crippen molar-refractivity contribution in [1.82, 2.24) is 15.1 Å². The summed E-state index contributed by atoms with van der Waals surface area (Å²) in [5.41, 5.74) is 3.71. The number of nitrogens with zero attached hydrogens (tertiary/aromatic N) is 2. The Balaban J connectivity index is 2.32. The summed E-state index contributed by atoms with van der Waals surface area (Å²) in [4.78, 5) is 1.38. The fraction of sp³-hybridized carbons (Fsp3) is 0.500. The van der Waals surface area contributed by atoms with Crippen molar-refractivity contribution in [2.75, 3.05) is 6.54 Å². The largest absolute Gasteiger partial charge is 0.310 e. The van der Waals surface area contributed by atoms with Crippen molar-refractivity contribution >= 4 is 27.3 Å². The molecule has 0 aliphatic heterocycles. The van der Waals surface area contributed by atoms with E-state index in [9.17, 15) is 0 Å². The molecular weight excluding hydrogens is 322 g/mol. The molecule has 104 valence electrons. The first-order valence-electron chi connectivity index (χ1n) is 6.50. The van der Waals surface area contributed by atoms with Crippen LogP contribution in [0.2, 0.25) is 0 Å². The fourth-order valence-electron chi connectivity index (χ4n) is 2.47. The van der Waals surface area contributed by atoms with Gasteiger partial charge in [-0.25, -0.2) is 0 Å². The van der Waals surface area contributed by atoms with Gasteiger partial charge in [0.2, 0.25) is 0 Å². The Morgan fingerprint density at radius 2 is 2.21 bits per heavy atom. The van der Waals surface area contributed by atoms with E-state index < -0.39 is 0 Å². The molecule has 0 saturated heterocycles. The van der Waals surface area contributed by atoms with Gasteiger partial charge in [-0.05, 0) is 47.8 Å². The van der Waals surface area contributed by atoms with Gasteiger partial charge < -0.3 is 5.32 Å². The van der Waals surface area contributed by atoms with E-state index in [0.717, 1.165) is 18.7 Å². The highest BCUT2D eigenvalue weighted by molar-refractivity contribution is 9.10. The molecule has 2 heterocycles. The maximum atomic E-state index is 4.53. The molecule has 2 aromatic heterocycles. The van der Waals surface area contributed by atoms with Gasteiger partial charge >= 0.3 is 0 Å². The molecule has 1 unspecified atom stereocenters. The van der Waals surface area contributed by atoms with E-state index in [1.165, 1.54) is 20.6 Å². The predicted octanol–water partition coefficient (Wildman–Crippen LogP) is 3.75. The van der Waals surface area contributed by atoms with Crippen molar-refractivity contribution in [2.45, 2.75) is 33.2 Å². The second-order valence-electron chi connectivity index (χ2n) is 4.71. The molecule has 1 atom stereocenters. The highest BCUT2D eigenvalue weighted by Gasteiger charge is 2.21. The van der Waals surface area contributed by atoms with Gasteiger partial charge in [-0.3, -0.25) is 4.68 Å². The summed E-state index contributed by atoms with van der Waals surface area (Å²) in [7, 11) is 2.01. The highest BCUT2D eigenvalue weighted by atomic mass is 79.9. The van der Waals surface area contributed by atoms with Crippen molar-refractivity contribution < 1.29 is 0 Å².